The number of carbonyl (C=O) groups is 2. The van der Waals surface area contributed by atoms with Gasteiger partial charge in [0.15, 0.2) is 23.1 Å². The Hall–Kier alpha value is -4.62. The van der Waals surface area contributed by atoms with Crippen LogP contribution in [-0.2, 0) is 27.2 Å². The quantitative estimate of drug-likeness (QED) is 0.280. The van der Waals surface area contributed by atoms with Crippen LogP contribution in [0.5, 0.6) is 5.75 Å². The number of aromatic nitrogens is 4. The molecule has 3 heterocycles. The predicted octanol–water partition coefficient (Wildman–Crippen LogP) is 3.06. The van der Waals surface area contributed by atoms with E-state index in [4.69, 9.17) is 9.15 Å². The van der Waals surface area contributed by atoms with Gasteiger partial charge in [0.2, 0.25) is 11.6 Å². The lowest BCUT2D eigenvalue weighted by molar-refractivity contribution is 0.0942. The number of nitrogens with zero attached hydrogens (tertiary/aromatic N) is 4. The molecule has 2 amide bonds. The molecule has 36 heavy (non-hydrogen) atoms. The number of aryl methyl sites for hydroxylation is 2. The Kier molecular flexibility index (Phi) is 6.76. The standard InChI is InChI=1S/C22H18F4N6O4/c1-31-9-11(7-28-31)6-27-22(34)19-15(8-29-32(19)2)30-21(33)16-4-3-12(36-16)10-35-20-17(25)13(23)5-14(24)18(20)26/h3-5,7-9H,6,10H2,1-2H3,(H,27,34)(H,30,33). The van der Waals surface area contributed by atoms with Crippen LogP contribution in [0.3, 0.4) is 0 Å². The van der Waals surface area contributed by atoms with E-state index in [0.29, 0.717) is 0 Å². The molecule has 0 aliphatic rings. The molecule has 0 bridgehead atoms. The smallest absolute Gasteiger partial charge is 0.291 e. The van der Waals surface area contributed by atoms with Crippen molar-refractivity contribution in [2.75, 3.05) is 5.32 Å². The van der Waals surface area contributed by atoms with Crippen LogP contribution in [0.2, 0.25) is 0 Å². The van der Waals surface area contributed by atoms with Gasteiger partial charge < -0.3 is 19.8 Å². The van der Waals surface area contributed by atoms with Gasteiger partial charge in [0.25, 0.3) is 11.8 Å². The molecule has 0 fully saturated rings. The predicted molar refractivity (Wildman–Crippen MR) is 115 cm³/mol. The molecule has 0 aliphatic heterocycles. The number of rotatable bonds is 8. The van der Waals surface area contributed by atoms with Gasteiger partial charge in [0.1, 0.15) is 18.1 Å². The van der Waals surface area contributed by atoms with Gasteiger partial charge in [-0.1, -0.05) is 0 Å². The van der Waals surface area contributed by atoms with Crippen LogP contribution in [-0.4, -0.2) is 31.4 Å². The summed E-state index contributed by atoms with van der Waals surface area (Å²) in [5.74, 6) is -9.48. The molecule has 3 aromatic heterocycles. The summed E-state index contributed by atoms with van der Waals surface area (Å²) in [4.78, 5) is 25.3. The average molecular weight is 506 g/mol. The van der Waals surface area contributed by atoms with Gasteiger partial charge in [0, 0.05) is 38.5 Å². The highest BCUT2D eigenvalue weighted by molar-refractivity contribution is 6.07. The van der Waals surface area contributed by atoms with Crippen LogP contribution in [0.25, 0.3) is 0 Å². The number of carbonyl (C=O) groups excluding carboxylic acids is 2. The molecular weight excluding hydrogens is 488 g/mol. The molecule has 0 aliphatic carbocycles. The highest BCUT2D eigenvalue weighted by Gasteiger charge is 2.23. The zero-order valence-corrected chi connectivity index (χ0v) is 18.8. The summed E-state index contributed by atoms with van der Waals surface area (Å²) in [6, 6.07) is 2.56. The lowest BCUT2D eigenvalue weighted by Crippen LogP contribution is -2.26. The van der Waals surface area contributed by atoms with E-state index in [-0.39, 0.29) is 35.5 Å². The Balaban J connectivity index is 1.41. The number of anilines is 1. The molecule has 4 aromatic rings. The summed E-state index contributed by atoms with van der Waals surface area (Å²) in [7, 11) is 3.26. The number of ether oxygens (including phenoxy) is 1. The highest BCUT2D eigenvalue weighted by atomic mass is 19.2. The topological polar surface area (TPSA) is 116 Å². The van der Waals surface area contributed by atoms with Crippen molar-refractivity contribution in [3.8, 4) is 5.75 Å². The third kappa shape index (κ3) is 5.06. The summed E-state index contributed by atoms with van der Waals surface area (Å²) in [5.41, 5.74) is 0.936. The molecule has 0 spiro atoms. The molecule has 0 atom stereocenters. The van der Waals surface area contributed by atoms with E-state index in [2.05, 4.69) is 20.8 Å². The average Bonchev–Trinajstić information content (AvgIpc) is 3.57. The van der Waals surface area contributed by atoms with Crippen LogP contribution < -0.4 is 15.4 Å². The summed E-state index contributed by atoms with van der Waals surface area (Å²) < 4.78 is 67.1. The van der Waals surface area contributed by atoms with Gasteiger partial charge in [-0.25, -0.2) is 8.78 Å². The molecule has 10 nitrogen and oxygen atoms in total. The largest absolute Gasteiger partial charge is 0.479 e. The van der Waals surface area contributed by atoms with Crippen LogP contribution >= 0.6 is 0 Å². The molecule has 0 unspecified atom stereocenters. The normalized spacial score (nSPS) is 10.9. The van der Waals surface area contributed by atoms with Crippen LogP contribution in [0.15, 0.2) is 41.2 Å². The first-order valence-corrected chi connectivity index (χ1v) is 10.3. The Labute approximate surface area is 200 Å². The van der Waals surface area contributed by atoms with Crippen molar-refractivity contribution in [3.63, 3.8) is 0 Å². The molecule has 188 valence electrons. The number of furan rings is 1. The Bertz CT molecular complexity index is 1420. The van der Waals surface area contributed by atoms with Crippen molar-refractivity contribution in [2.24, 2.45) is 14.1 Å². The number of nitrogens with one attached hydrogen (secondary N) is 2. The van der Waals surface area contributed by atoms with Gasteiger partial charge in [0.05, 0.1) is 18.1 Å². The van der Waals surface area contributed by atoms with Gasteiger partial charge in [-0.2, -0.15) is 19.0 Å². The van der Waals surface area contributed by atoms with E-state index in [1.165, 1.54) is 30.1 Å². The first kappa shape index (κ1) is 24.5. The van der Waals surface area contributed by atoms with Crippen molar-refractivity contribution in [1.82, 2.24) is 24.9 Å². The minimum atomic E-state index is -1.70. The fraction of sp³-hybridized carbons (Fsp3) is 0.182. The lowest BCUT2D eigenvalue weighted by Gasteiger charge is -2.08. The molecule has 4 rings (SSSR count). The van der Waals surface area contributed by atoms with E-state index >= 15 is 0 Å². The van der Waals surface area contributed by atoms with E-state index < -0.39 is 47.4 Å². The zero-order chi connectivity index (χ0) is 26.0. The summed E-state index contributed by atoms with van der Waals surface area (Å²) in [6.07, 6.45) is 4.60. The fourth-order valence-corrected chi connectivity index (χ4v) is 3.21. The number of hydrogen-bond acceptors (Lipinski definition) is 6. The maximum absolute atomic E-state index is 13.7. The van der Waals surface area contributed by atoms with E-state index in [1.807, 2.05) is 0 Å². The summed E-state index contributed by atoms with van der Waals surface area (Å²) >= 11 is 0. The number of amides is 2. The second-order valence-electron chi connectivity index (χ2n) is 7.54. The van der Waals surface area contributed by atoms with Crippen molar-refractivity contribution < 1.29 is 36.3 Å². The lowest BCUT2D eigenvalue weighted by atomic mass is 10.3. The molecular formula is C22H18F4N6O4. The SMILES string of the molecule is Cn1cc(CNC(=O)c2c(NC(=O)c3ccc(COc4c(F)c(F)cc(F)c4F)o3)cnn2C)cn1. The van der Waals surface area contributed by atoms with Crippen molar-refractivity contribution in [1.29, 1.82) is 0 Å². The molecule has 0 radical (unpaired) electrons. The summed E-state index contributed by atoms with van der Waals surface area (Å²) in [6.45, 7) is -0.428. The maximum atomic E-state index is 13.7. The van der Waals surface area contributed by atoms with Crippen LogP contribution in [0.4, 0.5) is 23.2 Å². The zero-order valence-electron chi connectivity index (χ0n) is 18.8. The van der Waals surface area contributed by atoms with E-state index in [0.717, 1.165) is 5.56 Å². The molecule has 2 N–H and O–H groups in total. The molecule has 0 saturated carbocycles. The first-order valence-electron chi connectivity index (χ1n) is 10.3. The van der Waals surface area contributed by atoms with Gasteiger partial charge >= 0.3 is 0 Å². The second-order valence-corrected chi connectivity index (χ2v) is 7.54. The maximum Gasteiger partial charge on any atom is 0.291 e. The van der Waals surface area contributed by atoms with E-state index in [9.17, 15) is 27.2 Å². The molecule has 1 aromatic carbocycles. The van der Waals surface area contributed by atoms with Gasteiger partial charge in [-0.05, 0) is 12.1 Å². The molecule has 0 saturated heterocycles. The third-order valence-electron chi connectivity index (χ3n) is 4.93. The van der Waals surface area contributed by atoms with Crippen LogP contribution in [0.1, 0.15) is 32.4 Å². The summed E-state index contributed by atoms with van der Waals surface area (Å²) in [5, 5.41) is 13.2. The number of benzene rings is 1. The molecule has 14 heteroatoms. The Morgan fingerprint density at radius 1 is 1.03 bits per heavy atom. The second kappa shape index (κ2) is 9.93. The Morgan fingerprint density at radius 3 is 2.42 bits per heavy atom. The first-order chi connectivity index (χ1) is 17.1. The van der Waals surface area contributed by atoms with Crippen molar-refractivity contribution in [3.05, 3.63) is 82.8 Å². The minimum Gasteiger partial charge on any atom is -0.479 e. The number of halogens is 4. The monoisotopic (exact) mass is 506 g/mol. The van der Waals surface area contributed by atoms with Crippen molar-refractivity contribution in [2.45, 2.75) is 13.2 Å². The Morgan fingerprint density at radius 2 is 1.75 bits per heavy atom. The van der Waals surface area contributed by atoms with Crippen molar-refractivity contribution >= 4 is 17.5 Å². The number of hydrogen-bond donors (Lipinski definition) is 2. The van der Waals surface area contributed by atoms with Gasteiger partial charge in [-0.15, -0.1) is 0 Å². The fourth-order valence-electron chi connectivity index (χ4n) is 3.21. The van der Waals surface area contributed by atoms with Crippen LogP contribution in [0, 0.1) is 23.3 Å². The minimum absolute atomic E-state index is 0.0543. The van der Waals surface area contributed by atoms with E-state index in [1.54, 1.807) is 24.1 Å². The third-order valence-corrected chi connectivity index (χ3v) is 4.93. The van der Waals surface area contributed by atoms with Gasteiger partial charge in [-0.3, -0.25) is 19.0 Å². The highest BCUT2D eigenvalue weighted by Crippen LogP contribution is 2.27.